The van der Waals surface area contributed by atoms with Gasteiger partial charge in [0.25, 0.3) is 0 Å². The summed E-state index contributed by atoms with van der Waals surface area (Å²) in [6.45, 7) is 0. The molecule has 0 fully saturated rings. The molecule has 5 nitrogen and oxygen atoms in total. The average Bonchev–Trinajstić information content (AvgIpc) is 3.89. The maximum Gasteiger partial charge on any atom is 0.234 e. The van der Waals surface area contributed by atoms with Crippen LogP contribution < -0.4 is 15.9 Å². The molecule has 5 aromatic carbocycles. The molecule has 0 radical (unpaired) electrons. The Morgan fingerprint density at radius 3 is 2.19 bits per heavy atom. The summed E-state index contributed by atoms with van der Waals surface area (Å²) in [5.74, 6) is 2.37. The molecule has 308 valence electrons. The zero-order valence-electron chi connectivity index (χ0n) is 35.6. The van der Waals surface area contributed by atoms with Crippen LogP contribution in [-0.4, -0.2) is 27.1 Å². The van der Waals surface area contributed by atoms with Crippen LogP contribution in [0.2, 0.25) is 0 Å². The van der Waals surface area contributed by atoms with Gasteiger partial charge in [0.2, 0.25) is 5.96 Å². The summed E-state index contributed by atoms with van der Waals surface area (Å²) >= 11 is 0. The number of allylic oxidation sites excluding steroid dienone is 9. The minimum absolute atomic E-state index is 0.228. The Morgan fingerprint density at radius 2 is 1.34 bits per heavy atom. The first kappa shape index (κ1) is 37.1. The van der Waals surface area contributed by atoms with E-state index in [0.717, 1.165) is 54.4 Å². The van der Waals surface area contributed by atoms with Crippen LogP contribution in [0.15, 0.2) is 209 Å². The predicted octanol–water partition coefficient (Wildman–Crippen LogP) is 11.3. The van der Waals surface area contributed by atoms with Crippen LogP contribution in [0.5, 0.6) is 0 Å². The second-order valence-electron chi connectivity index (χ2n) is 18.0. The summed E-state index contributed by atoms with van der Waals surface area (Å²) in [6, 6.07) is 48.5. The van der Waals surface area contributed by atoms with Gasteiger partial charge in [0.1, 0.15) is 12.0 Å². The van der Waals surface area contributed by atoms with Crippen molar-refractivity contribution >= 4 is 51.5 Å². The summed E-state index contributed by atoms with van der Waals surface area (Å²) in [5, 5.41) is 8.83. The number of aromatic nitrogens is 2. The lowest BCUT2D eigenvalue weighted by atomic mass is 9.85. The number of hydrogen-bond acceptors (Lipinski definition) is 3. The van der Waals surface area contributed by atoms with Crippen LogP contribution >= 0.6 is 0 Å². The smallest absolute Gasteiger partial charge is 0.234 e. The standard InChI is InChI=1S/C59H47N5/c1-3-15-38(16-4-1)41-20-13-22-44(33-41)57-60-58(45-23-14-21-42(34-45)39-17-5-2-6-18-39)62-59(61-57)64-54-28-12-10-26-50(54)52-36-46-35-47(31-29-43(46)37-55(52)64)63-53-27-11-9-25-49(53)51-32-30-40-19-7-8-24-48(40)56(51)63/h1-20,22-29,31,34,36-37,41-42,46,58H,21,30,32-33,35H2,(H,60,61,62). The number of benzene rings is 5. The first-order chi connectivity index (χ1) is 31.7. The van der Waals surface area contributed by atoms with Crippen LogP contribution in [0, 0.1) is 5.92 Å². The van der Waals surface area contributed by atoms with Gasteiger partial charge in [-0.3, -0.25) is 4.57 Å². The van der Waals surface area contributed by atoms with Gasteiger partial charge < -0.3 is 9.88 Å². The van der Waals surface area contributed by atoms with Crippen molar-refractivity contribution < 1.29 is 0 Å². The van der Waals surface area contributed by atoms with Crippen molar-refractivity contribution in [2.45, 2.75) is 50.1 Å². The summed E-state index contributed by atoms with van der Waals surface area (Å²) < 4.78 is 4.91. The van der Waals surface area contributed by atoms with Crippen molar-refractivity contribution in [2.24, 2.45) is 15.9 Å². The van der Waals surface area contributed by atoms with Gasteiger partial charge in [-0.1, -0.05) is 170 Å². The minimum atomic E-state index is -0.309. The molecule has 13 rings (SSSR count). The zero-order valence-corrected chi connectivity index (χ0v) is 35.6. The highest BCUT2D eigenvalue weighted by molar-refractivity contribution is 6.10. The molecule has 5 aliphatic carbocycles. The second-order valence-corrected chi connectivity index (χ2v) is 18.0. The number of fused-ring (bicyclic) bond motifs is 9. The fourth-order valence-corrected chi connectivity index (χ4v) is 11.2. The van der Waals surface area contributed by atoms with Crippen LogP contribution in [-0.2, 0) is 12.8 Å². The Kier molecular flexibility index (Phi) is 8.75. The highest BCUT2D eigenvalue weighted by atomic mass is 15.3. The number of hydrogen-bond donors (Lipinski definition) is 1. The van der Waals surface area contributed by atoms with Crippen molar-refractivity contribution in [3.05, 3.63) is 232 Å². The van der Waals surface area contributed by atoms with Crippen molar-refractivity contribution in [1.82, 2.24) is 14.5 Å². The van der Waals surface area contributed by atoms with Crippen LogP contribution in [0.25, 0.3) is 50.9 Å². The third-order valence-electron chi connectivity index (χ3n) is 14.3. The van der Waals surface area contributed by atoms with E-state index in [1.807, 2.05) is 0 Å². The number of amidine groups is 1. The molecule has 2 aromatic heterocycles. The lowest BCUT2D eigenvalue weighted by Gasteiger charge is -2.29. The average molecular weight is 826 g/mol. The Balaban J connectivity index is 0.950. The van der Waals surface area contributed by atoms with E-state index in [9.17, 15) is 0 Å². The maximum absolute atomic E-state index is 5.54. The number of aryl methyl sites for hydroxylation is 2. The zero-order chi connectivity index (χ0) is 42.1. The van der Waals surface area contributed by atoms with E-state index in [1.165, 1.54) is 71.9 Å². The third kappa shape index (κ3) is 6.13. The van der Waals surface area contributed by atoms with Gasteiger partial charge in [-0.25, -0.2) is 4.99 Å². The Bertz CT molecular complexity index is 3450. The molecule has 1 N–H and O–H groups in total. The van der Waals surface area contributed by atoms with Crippen molar-refractivity contribution in [2.75, 3.05) is 0 Å². The van der Waals surface area contributed by atoms with Gasteiger partial charge >= 0.3 is 0 Å². The highest BCUT2D eigenvalue weighted by Gasteiger charge is 2.31. The van der Waals surface area contributed by atoms with Gasteiger partial charge in [-0.05, 0) is 95.4 Å². The first-order valence-corrected chi connectivity index (χ1v) is 23.0. The monoisotopic (exact) mass is 825 g/mol. The van der Waals surface area contributed by atoms with Crippen LogP contribution in [0.3, 0.4) is 0 Å². The molecule has 6 aliphatic rings. The SMILES string of the molecule is C1=CC(c2ccccc2)CC(C2=NC(n3c4c(c5ccccc53)=CC3CC(n5c6c(c7ccccc75)CCc5ccccc5-6)=CC=C3C=4)=NC(C3=CC(c4ccccc4)CC=C3)N2)=C1. The number of rotatable bonds is 5. The van der Waals surface area contributed by atoms with Crippen LogP contribution in [0.4, 0.5) is 0 Å². The summed E-state index contributed by atoms with van der Waals surface area (Å²) in [7, 11) is 0. The van der Waals surface area contributed by atoms with E-state index in [-0.39, 0.29) is 23.9 Å². The number of nitrogens with one attached hydrogen (secondary N) is 1. The van der Waals surface area contributed by atoms with E-state index in [2.05, 4.69) is 209 Å². The summed E-state index contributed by atoms with van der Waals surface area (Å²) in [4.78, 5) is 11.0. The van der Waals surface area contributed by atoms with Crippen molar-refractivity contribution in [1.29, 1.82) is 0 Å². The fourth-order valence-electron chi connectivity index (χ4n) is 11.2. The van der Waals surface area contributed by atoms with Crippen molar-refractivity contribution in [3.63, 3.8) is 0 Å². The number of nitrogens with zero attached hydrogens (tertiary/aromatic N) is 4. The quantitative estimate of drug-likeness (QED) is 0.185. The van der Waals surface area contributed by atoms with Gasteiger partial charge in [-0.15, -0.1) is 0 Å². The molecule has 4 atom stereocenters. The molecule has 0 saturated heterocycles. The molecule has 1 aliphatic heterocycles. The molecular formula is C59H47N5. The lowest BCUT2D eigenvalue weighted by molar-refractivity contribution is 0.695. The van der Waals surface area contributed by atoms with Gasteiger partial charge in [-0.2, -0.15) is 4.99 Å². The molecule has 5 heteroatoms. The fraction of sp³-hybridized carbons (Fsp3) is 0.153. The Hall–Kier alpha value is -7.50. The molecule has 64 heavy (non-hydrogen) atoms. The summed E-state index contributed by atoms with van der Waals surface area (Å²) in [5.41, 5.74) is 15.7. The second kappa shape index (κ2) is 15.1. The predicted molar refractivity (Wildman–Crippen MR) is 265 cm³/mol. The topological polar surface area (TPSA) is 46.6 Å². The van der Waals surface area contributed by atoms with Crippen molar-refractivity contribution in [3.8, 4) is 11.3 Å². The highest BCUT2D eigenvalue weighted by Crippen LogP contribution is 2.44. The van der Waals surface area contributed by atoms with E-state index in [4.69, 9.17) is 9.98 Å². The normalized spacial score (nSPS) is 21.9. The number of para-hydroxylation sites is 2. The third-order valence-corrected chi connectivity index (χ3v) is 14.3. The van der Waals surface area contributed by atoms with E-state index >= 15 is 0 Å². The molecular weight excluding hydrogens is 779 g/mol. The van der Waals surface area contributed by atoms with Crippen LogP contribution in [0.1, 0.15) is 53.4 Å². The number of aliphatic imine (C=N–C) groups is 2. The summed E-state index contributed by atoms with van der Waals surface area (Å²) in [6.07, 6.45) is 28.0. The largest absolute Gasteiger partial charge is 0.344 e. The van der Waals surface area contributed by atoms with E-state index < -0.39 is 0 Å². The molecule has 0 saturated carbocycles. The lowest BCUT2D eigenvalue weighted by Crippen LogP contribution is -2.44. The minimum Gasteiger partial charge on any atom is -0.344 e. The van der Waals surface area contributed by atoms with Gasteiger partial charge in [0.15, 0.2) is 0 Å². The van der Waals surface area contributed by atoms with Gasteiger partial charge in [0.05, 0.1) is 22.1 Å². The maximum atomic E-state index is 5.54. The Morgan fingerprint density at radius 1 is 0.609 bits per heavy atom. The first-order valence-electron chi connectivity index (χ1n) is 23.0. The van der Waals surface area contributed by atoms with Gasteiger partial charge in [0, 0.05) is 45.0 Å². The molecule has 0 spiro atoms. The van der Waals surface area contributed by atoms with E-state index in [0.29, 0.717) is 5.96 Å². The Labute approximate surface area is 373 Å². The molecule has 7 aromatic rings. The van der Waals surface area contributed by atoms with E-state index in [1.54, 1.807) is 0 Å². The molecule has 3 heterocycles. The molecule has 0 bridgehead atoms. The molecule has 4 unspecified atom stereocenters. The molecule has 0 amide bonds.